The molecule has 0 spiro atoms. The SMILES string of the molecule is CCOCCCNC(=NCc1ccccc1CN1CCOCC1)NCc1nnc(C)n1C.I. The molecule has 10 heteroatoms. The highest BCUT2D eigenvalue weighted by atomic mass is 127. The lowest BCUT2D eigenvalue weighted by Crippen LogP contribution is -2.38. The Balaban J connectivity index is 0.00000385. The second kappa shape index (κ2) is 15.2. The molecule has 2 aromatic rings. The lowest BCUT2D eigenvalue weighted by molar-refractivity contribution is 0.0341. The predicted molar refractivity (Wildman–Crippen MR) is 141 cm³/mol. The van der Waals surface area contributed by atoms with E-state index in [1.54, 1.807) is 0 Å². The van der Waals surface area contributed by atoms with Crippen LogP contribution in [0.1, 0.15) is 36.1 Å². The maximum Gasteiger partial charge on any atom is 0.191 e. The van der Waals surface area contributed by atoms with Gasteiger partial charge in [0.15, 0.2) is 11.8 Å². The van der Waals surface area contributed by atoms with Crippen LogP contribution in [-0.2, 0) is 36.2 Å². The fraction of sp³-hybridized carbons (Fsp3) is 0.609. The summed E-state index contributed by atoms with van der Waals surface area (Å²) in [6, 6.07) is 8.55. The van der Waals surface area contributed by atoms with E-state index >= 15 is 0 Å². The number of halogens is 1. The van der Waals surface area contributed by atoms with Gasteiger partial charge in [0.2, 0.25) is 0 Å². The van der Waals surface area contributed by atoms with E-state index in [1.165, 1.54) is 11.1 Å². The van der Waals surface area contributed by atoms with Crippen LogP contribution in [0.4, 0.5) is 0 Å². The number of nitrogens with one attached hydrogen (secondary N) is 2. The molecule has 2 heterocycles. The van der Waals surface area contributed by atoms with Gasteiger partial charge in [-0.1, -0.05) is 24.3 Å². The first-order valence-electron chi connectivity index (χ1n) is 11.5. The Labute approximate surface area is 214 Å². The van der Waals surface area contributed by atoms with E-state index < -0.39 is 0 Å². The van der Waals surface area contributed by atoms with Crippen molar-refractivity contribution in [2.45, 2.75) is 39.9 Å². The lowest BCUT2D eigenvalue weighted by Gasteiger charge is -2.27. The molecule has 9 nitrogen and oxygen atoms in total. The Morgan fingerprint density at radius 1 is 1.15 bits per heavy atom. The predicted octanol–water partition coefficient (Wildman–Crippen LogP) is 2.24. The number of morpholine rings is 1. The summed E-state index contributed by atoms with van der Waals surface area (Å²) in [4.78, 5) is 7.31. The molecule has 0 unspecified atom stereocenters. The standard InChI is InChI=1S/C23H37N7O2.HI/c1-4-31-13-7-10-24-23(26-17-22-28-27-19(2)29(22)3)25-16-20-8-5-6-9-21(20)18-30-11-14-32-15-12-30;/h5-6,8-9H,4,7,10-18H2,1-3H3,(H2,24,25,26);1H. The smallest absolute Gasteiger partial charge is 0.191 e. The van der Waals surface area contributed by atoms with Crippen molar-refractivity contribution in [1.29, 1.82) is 0 Å². The minimum atomic E-state index is 0. The van der Waals surface area contributed by atoms with Gasteiger partial charge in [-0.25, -0.2) is 4.99 Å². The van der Waals surface area contributed by atoms with Crippen LogP contribution in [0, 0.1) is 6.92 Å². The van der Waals surface area contributed by atoms with Crippen LogP contribution in [0.25, 0.3) is 0 Å². The number of guanidine groups is 1. The van der Waals surface area contributed by atoms with E-state index in [1.807, 2.05) is 25.5 Å². The zero-order valence-corrected chi connectivity index (χ0v) is 22.4. The van der Waals surface area contributed by atoms with Crippen molar-refractivity contribution in [3.63, 3.8) is 0 Å². The van der Waals surface area contributed by atoms with Crippen molar-refractivity contribution >= 4 is 29.9 Å². The van der Waals surface area contributed by atoms with Crippen molar-refractivity contribution in [2.75, 3.05) is 46.1 Å². The quantitative estimate of drug-likeness (QED) is 0.185. The van der Waals surface area contributed by atoms with Crippen LogP contribution >= 0.6 is 24.0 Å². The average molecular weight is 572 g/mol. The molecule has 1 aliphatic rings. The molecule has 0 radical (unpaired) electrons. The summed E-state index contributed by atoms with van der Waals surface area (Å²) in [7, 11) is 1.97. The summed E-state index contributed by atoms with van der Waals surface area (Å²) in [6.45, 7) is 11.9. The number of ether oxygens (including phenoxy) is 2. The van der Waals surface area contributed by atoms with Gasteiger partial charge in [0.1, 0.15) is 5.82 Å². The van der Waals surface area contributed by atoms with Gasteiger partial charge >= 0.3 is 0 Å². The van der Waals surface area contributed by atoms with Gasteiger partial charge in [0.25, 0.3) is 0 Å². The Kier molecular flexibility index (Phi) is 12.7. The summed E-state index contributed by atoms with van der Waals surface area (Å²) in [5.41, 5.74) is 2.56. The lowest BCUT2D eigenvalue weighted by atomic mass is 10.1. The van der Waals surface area contributed by atoms with E-state index in [2.05, 4.69) is 50.0 Å². The van der Waals surface area contributed by atoms with Crippen molar-refractivity contribution in [3.05, 3.63) is 47.0 Å². The van der Waals surface area contributed by atoms with Crippen LogP contribution in [-0.4, -0.2) is 71.7 Å². The van der Waals surface area contributed by atoms with Crippen LogP contribution in [0.15, 0.2) is 29.3 Å². The number of hydrogen-bond acceptors (Lipinski definition) is 6. The fourth-order valence-corrected chi connectivity index (χ4v) is 3.50. The molecule has 2 N–H and O–H groups in total. The summed E-state index contributed by atoms with van der Waals surface area (Å²) < 4.78 is 12.9. The minimum Gasteiger partial charge on any atom is -0.382 e. The van der Waals surface area contributed by atoms with Crippen LogP contribution in [0.2, 0.25) is 0 Å². The van der Waals surface area contributed by atoms with Gasteiger partial charge in [-0.3, -0.25) is 4.90 Å². The topological polar surface area (TPSA) is 88.8 Å². The van der Waals surface area contributed by atoms with E-state index in [-0.39, 0.29) is 24.0 Å². The van der Waals surface area contributed by atoms with Crippen molar-refractivity contribution in [1.82, 2.24) is 30.3 Å². The first kappa shape index (κ1) is 27.5. The molecule has 1 aliphatic heterocycles. The Morgan fingerprint density at radius 2 is 1.91 bits per heavy atom. The molecule has 0 saturated carbocycles. The van der Waals surface area contributed by atoms with Crippen molar-refractivity contribution in [2.24, 2.45) is 12.0 Å². The van der Waals surface area contributed by atoms with Crippen LogP contribution < -0.4 is 10.6 Å². The van der Waals surface area contributed by atoms with Gasteiger partial charge in [-0.15, -0.1) is 34.2 Å². The maximum atomic E-state index is 5.48. The van der Waals surface area contributed by atoms with Gasteiger partial charge < -0.3 is 24.7 Å². The highest BCUT2D eigenvalue weighted by Gasteiger charge is 2.13. The molecule has 0 atom stereocenters. The number of aryl methyl sites for hydroxylation is 1. The minimum absolute atomic E-state index is 0. The van der Waals surface area contributed by atoms with Gasteiger partial charge in [0.05, 0.1) is 26.3 Å². The fourth-order valence-electron chi connectivity index (χ4n) is 3.50. The van der Waals surface area contributed by atoms with E-state index in [4.69, 9.17) is 14.5 Å². The average Bonchev–Trinajstić information content (AvgIpc) is 3.14. The second-order valence-corrected chi connectivity index (χ2v) is 7.88. The number of aliphatic imine (C=N–C) groups is 1. The van der Waals surface area contributed by atoms with Crippen LogP contribution in [0.5, 0.6) is 0 Å². The largest absolute Gasteiger partial charge is 0.382 e. The van der Waals surface area contributed by atoms with Crippen molar-refractivity contribution in [3.8, 4) is 0 Å². The molecule has 0 bridgehead atoms. The van der Waals surface area contributed by atoms with E-state index in [0.29, 0.717) is 13.1 Å². The van der Waals surface area contributed by atoms with Gasteiger partial charge in [-0.05, 0) is 31.4 Å². The third kappa shape index (κ3) is 9.19. The Bertz CT molecular complexity index is 853. The highest BCUT2D eigenvalue weighted by molar-refractivity contribution is 14.0. The molecule has 1 aromatic carbocycles. The first-order chi connectivity index (χ1) is 15.7. The highest BCUT2D eigenvalue weighted by Crippen LogP contribution is 2.14. The maximum absolute atomic E-state index is 5.48. The molecule has 1 saturated heterocycles. The molecule has 0 amide bonds. The molecular weight excluding hydrogens is 533 g/mol. The molecule has 3 rings (SSSR count). The monoisotopic (exact) mass is 571 g/mol. The first-order valence-corrected chi connectivity index (χ1v) is 11.5. The number of hydrogen-bond donors (Lipinski definition) is 2. The molecule has 184 valence electrons. The normalized spacial score (nSPS) is 14.7. The molecule has 0 aliphatic carbocycles. The zero-order chi connectivity index (χ0) is 22.6. The van der Waals surface area contributed by atoms with E-state index in [0.717, 1.165) is 76.6 Å². The summed E-state index contributed by atoms with van der Waals surface area (Å²) >= 11 is 0. The van der Waals surface area contributed by atoms with Gasteiger partial charge in [-0.2, -0.15) is 0 Å². The summed E-state index contributed by atoms with van der Waals surface area (Å²) in [5, 5.41) is 15.2. The molecular formula is C23H38IN7O2. The zero-order valence-electron chi connectivity index (χ0n) is 20.0. The molecule has 1 aromatic heterocycles. The number of aromatic nitrogens is 3. The summed E-state index contributed by atoms with van der Waals surface area (Å²) in [5.74, 6) is 2.53. The van der Waals surface area contributed by atoms with E-state index in [9.17, 15) is 0 Å². The molecule has 33 heavy (non-hydrogen) atoms. The number of rotatable bonds is 11. The summed E-state index contributed by atoms with van der Waals surface area (Å²) in [6.07, 6.45) is 0.922. The third-order valence-corrected chi connectivity index (χ3v) is 5.58. The second-order valence-electron chi connectivity index (χ2n) is 7.88. The number of nitrogens with zero attached hydrogens (tertiary/aromatic N) is 5. The van der Waals surface area contributed by atoms with Crippen molar-refractivity contribution < 1.29 is 9.47 Å². The Morgan fingerprint density at radius 3 is 2.61 bits per heavy atom. The Hall–Kier alpha value is -1.76. The molecule has 1 fully saturated rings. The van der Waals surface area contributed by atoms with Gasteiger partial charge in [0, 0.05) is 46.4 Å². The van der Waals surface area contributed by atoms with Crippen LogP contribution in [0.3, 0.4) is 0 Å². The number of benzene rings is 1. The third-order valence-electron chi connectivity index (χ3n) is 5.58.